The van der Waals surface area contributed by atoms with Crippen LogP contribution >= 0.6 is 0 Å². The van der Waals surface area contributed by atoms with Gasteiger partial charge in [-0.05, 0) is 43.9 Å². The molecule has 4 aromatic rings. The largest absolute Gasteiger partial charge is 0.342 e. The number of nitrogens with zero attached hydrogens (tertiary/aromatic N) is 4. The van der Waals surface area contributed by atoms with Gasteiger partial charge in [0.25, 0.3) is 0 Å². The van der Waals surface area contributed by atoms with Crippen LogP contribution in [0.15, 0.2) is 91.3 Å². The van der Waals surface area contributed by atoms with Crippen LogP contribution in [0, 0.1) is 0 Å². The second kappa shape index (κ2) is 11.4. The molecule has 0 radical (unpaired) electrons. The minimum atomic E-state index is -0.706. The summed E-state index contributed by atoms with van der Waals surface area (Å²) in [5.41, 5.74) is 3.51. The average Bonchev–Trinajstić information content (AvgIpc) is 3.27. The normalized spacial score (nSPS) is 12.0. The highest BCUT2D eigenvalue weighted by Crippen LogP contribution is 2.17. The van der Waals surface area contributed by atoms with E-state index in [0.29, 0.717) is 19.5 Å². The molecule has 3 aromatic carbocycles. The smallest absolute Gasteiger partial charge is 0.249 e. The molecule has 2 amide bonds. The van der Waals surface area contributed by atoms with Crippen LogP contribution in [0.1, 0.15) is 5.56 Å². The molecule has 0 fully saturated rings. The Morgan fingerprint density at radius 3 is 2.26 bits per heavy atom. The van der Waals surface area contributed by atoms with Crippen molar-refractivity contribution in [1.29, 1.82) is 0 Å². The van der Waals surface area contributed by atoms with Gasteiger partial charge in [-0.25, -0.2) is 4.98 Å². The Bertz CT molecular complexity index is 1250. The Morgan fingerprint density at radius 1 is 0.886 bits per heavy atom. The summed E-state index contributed by atoms with van der Waals surface area (Å²) in [6.07, 6.45) is 2.06. The first kappa shape index (κ1) is 24.2. The molecular weight excluding hydrogens is 438 g/mol. The van der Waals surface area contributed by atoms with Gasteiger partial charge in [0.05, 0.1) is 17.4 Å². The number of carbonyl (C=O) groups excluding carboxylic acids is 2. The molecule has 0 saturated heterocycles. The van der Waals surface area contributed by atoms with Crippen molar-refractivity contribution in [3.8, 4) is 0 Å². The number of likely N-dealkylation sites (N-methyl/N-ethyl adjacent to an activating group) is 1. The predicted octanol–water partition coefficient (Wildman–Crippen LogP) is 3.36. The minimum Gasteiger partial charge on any atom is -0.342 e. The highest BCUT2D eigenvalue weighted by molar-refractivity contribution is 5.99. The Hall–Kier alpha value is -3.97. The van der Waals surface area contributed by atoms with Crippen LogP contribution in [-0.4, -0.2) is 59.5 Å². The molecule has 0 saturated carbocycles. The third-order valence-corrected chi connectivity index (χ3v) is 5.86. The molecule has 0 aliphatic heterocycles. The summed E-state index contributed by atoms with van der Waals surface area (Å²) < 4.78 is 1.80. The van der Waals surface area contributed by atoms with Gasteiger partial charge in [-0.1, -0.05) is 60.7 Å². The zero-order valence-electron chi connectivity index (χ0n) is 20.2. The number of benzene rings is 3. The predicted molar refractivity (Wildman–Crippen MR) is 139 cm³/mol. The van der Waals surface area contributed by atoms with Gasteiger partial charge in [-0.15, -0.1) is 0 Å². The third-order valence-electron chi connectivity index (χ3n) is 5.86. The van der Waals surface area contributed by atoms with Gasteiger partial charge >= 0.3 is 0 Å². The first-order valence-corrected chi connectivity index (χ1v) is 11.8. The number of imidazole rings is 1. The van der Waals surface area contributed by atoms with Crippen molar-refractivity contribution >= 4 is 28.5 Å². The number of rotatable bonds is 10. The lowest BCUT2D eigenvalue weighted by molar-refractivity contribution is -0.127. The number of fused-ring (bicyclic) bond motifs is 1. The topological polar surface area (TPSA) is 70.5 Å². The Morgan fingerprint density at radius 2 is 1.54 bits per heavy atom. The van der Waals surface area contributed by atoms with Crippen molar-refractivity contribution in [2.45, 2.75) is 19.0 Å². The van der Waals surface area contributed by atoms with Gasteiger partial charge in [0.2, 0.25) is 11.8 Å². The highest BCUT2D eigenvalue weighted by atomic mass is 16.2. The molecule has 1 heterocycles. The summed E-state index contributed by atoms with van der Waals surface area (Å²) in [4.78, 5) is 35.2. The van der Waals surface area contributed by atoms with E-state index in [0.717, 1.165) is 22.3 Å². The highest BCUT2D eigenvalue weighted by Gasteiger charge is 2.27. The molecule has 1 aromatic heterocycles. The summed E-state index contributed by atoms with van der Waals surface area (Å²) in [7, 11) is 3.96. The number of nitrogens with one attached hydrogen (secondary N) is 1. The van der Waals surface area contributed by atoms with E-state index in [4.69, 9.17) is 0 Å². The van der Waals surface area contributed by atoms with E-state index < -0.39 is 6.04 Å². The number of hydrogen-bond donors (Lipinski definition) is 1. The molecule has 0 bridgehead atoms. The molecule has 7 heteroatoms. The second-order valence-electron chi connectivity index (χ2n) is 8.80. The van der Waals surface area contributed by atoms with E-state index in [1.165, 1.54) is 0 Å². The lowest BCUT2D eigenvalue weighted by atomic mass is 10.0. The van der Waals surface area contributed by atoms with Crippen molar-refractivity contribution in [3.05, 3.63) is 96.8 Å². The van der Waals surface area contributed by atoms with Gasteiger partial charge in [0.15, 0.2) is 0 Å². The first-order chi connectivity index (χ1) is 17.0. The van der Waals surface area contributed by atoms with E-state index in [-0.39, 0.29) is 18.4 Å². The van der Waals surface area contributed by atoms with Gasteiger partial charge in [0, 0.05) is 25.2 Å². The van der Waals surface area contributed by atoms with Crippen LogP contribution in [0.5, 0.6) is 0 Å². The van der Waals surface area contributed by atoms with Gasteiger partial charge in [0.1, 0.15) is 12.6 Å². The van der Waals surface area contributed by atoms with Crippen LogP contribution in [0.3, 0.4) is 0 Å². The second-order valence-corrected chi connectivity index (χ2v) is 8.80. The Kier molecular flexibility index (Phi) is 7.90. The van der Waals surface area contributed by atoms with E-state index >= 15 is 0 Å². The van der Waals surface area contributed by atoms with Crippen molar-refractivity contribution in [1.82, 2.24) is 19.8 Å². The Balaban J connectivity index is 1.58. The van der Waals surface area contributed by atoms with E-state index in [9.17, 15) is 9.59 Å². The van der Waals surface area contributed by atoms with Crippen LogP contribution < -0.4 is 10.2 Å². The monoisotopic (exact) mass is 469 g/mol. The van der Waals surface area contributed by atoms with Gasteiger partial charge in [-0.3, -0.25) is 9.59 Å². The van der Waals surface area contributed by atoms with Crippen LogP contribution in [-0.2, 0) is 22.6 Å². The summed E-state index contributed by atoms with van der Waals surface area (Å²) in [5, 5.41) is 3.01. The molecule has 0 aliphatic carbocycles. The molecule has 7 nitrogen and oxygen atoms in total. The SMILES string of the molecule is CN(C)CCN(C(=O)[C@H](Cc1ccccc1)NC(=O)Cn1cnc2ccccc21)c1ccccc1. The molecule has 0 spiro atoms. The minimum absolute atomic E-state index is 0.0854. The number of para-hydroxylation sites is 3. The van der Waals surface area contributed by atoms with Crippen LogP contribution in [0.25, 0.3) is 11.0 Å². The standard InChI is InChI=1S/C28H31N5O2/c1-31(2)17-18-33(23-13-7-4-8-14-23)28(35)25(19-22-11-5-3-6-12-22)30-27(34)20-32-21-29-24-15-9-10-16-26(24)32/h3-16,21,25H,17-20H2,1-2H3,(H,30,34)/t25-/m0/s1. The fourth-order valence-electron chi connectivity index (χ4n) is 4.04. The summed E-state index contributed by atoms with van der Waals surface area (Å²) in [5.74, 6) is -0.367. The number of hydrogen-bond acceptors (Lipinski definition) is 4. The van der Waals surface area contributed by atoms with Gasteiger partial charge in [-0.2, -0.15) is 0 Å². The molecule has 0 unspecified atom stereocenters. The third kappa shape index (κ3) is 6.33. The van der Waals surface area contributed by atoms with Crippen molar-refractivity contribution in [2.24, 2.45) is 0 Å². The molecule has 4 rings (SSSR count). The first-order valence-electron chi connectivity index (χ1n) is 11.8. The molecule has 1 atom stereocenters. The fraction of sp³-hybridized carbons (Fsp3) is 0.250. The molecule has 35 heavy (non-hydrogen) atoms. The maximum Gasteiger partial charge on any atom is 0.249 e. The fourth-order valence-corrected chi connectivity index (χ4v) is 4.04. The number of amides is 2. The zero-order chi connectivity index (χ0) is 24.6. The zero-order valence-corrected chi connectivity index (χ0v) is 20.2. The van der Waals surface area contributed by atoms with Crippen molar-refractivity contribution < 1.29 is 9.59 Å². The van der Waals surface area contributed by atoms with E-state index in [1.807, 2.05) is 104 Å². The number of aromatic nitrogens is 2. The molecule has 1 N–H and O–H groups in total. The Labute approximate surface area is 206 Å². The van der Waals surface area contributed by atoms with Crippen LogP contribution in [0.4, 0.5) is 5.69 Å². The summed E-state index contributed by atoms with van der Waals surface area (Å²) in [6, 6.07) is 26.4. The van der Waals surface area contributed by atoms with E-state index in [1.54, 1.807) is 15.8 Å². The lowest BCUT2D eigenvalue weighted by Gasteiger charge is -2.29. The summed E-state index contributed by atoms with van der Waals surface area (Å²) >= 11 is 0. The van der Waals surface area contributed by atoms with E-state index in [2.05, 4.69) is 10.3 Å². The number of carbonyl (C=O) groups is 2. The quantitative estimate of drug-likeness (QED) is 0.387. The number of anilines is 1. The maximum absolute atomic E-state index is 13.9. The van der Waals surface area contributed by atoms with Crippen molar-refractivity contribution in [3.63, 3.8) is 0 Å². The molecule has 180 valence electrons. The van der Waals surface area contributed by atoms with Crippen LogP contribution in [0.2, 0.25) is 0 Å². The van der Waals surface area contributed by atoms with Gasteiger partial charge < -0.3 is 19.7 Å². The molecular formula is C28H31N5O2. The van der Waals surface area contributed by atoms with Crippen molar-refractivity contribution in [2.75, 3.05) is 32.1 Å². The average molecular weight is 470 g/mol. The molecule has 0 aliphatic rings. The summed E-state index contributed by atoms with van der Waals surface area (Å²) in [6.45, 7) is 1.30. The lowest BCUT2D eigenvalue weighted by Crippen LogP contribution is -2.51. The maximum atomic E-state index is 13.9.